The van der Waals surface area contributed by atoms with Crippen molar-refractivity contribution in [2.75, 3.05) is 18.2 Å². The number of aromatic nitrogens is 3. The molecule has 0 saturated heterocycles. The van der Waals surface area contributed by atoms with Crippen LogP contribution in [0.15, 0.2) is 22.7 Å². The maximum atomic E-state index is 12.6. The number of nitrogens with zero attached hydrogens (tertiary/aromatic N) is 3. The lowest BCUT2D eigenvalue weighted by Gasteiger charge is -2.08. The molecular weight excluding hydrogens is 428 g/mol. The van der Waals surface area contributed by atoms with E-state index in [1.807, 2.05) is 29.0 Å². The first-order chi connectivity index (χ1) is 14.1. The molecule has 0 bridgehead atoms. The van der Waals surface area contributed by atoms with Crippen LogP contribution in [0.3, 0.4) is 0 Å². The van der Waals surface area contributed by atoms with Crippen LogP contribution < -0.4 is 5.32 Å². The normalized spacial score (nSPS) is 12.8. The number of hydrogen-bond acceptors (Lipinski definition) is 8. The van der Waals surface area contributed by atoms with Crippen LogP contribution in [0.25, 0.3) is 10.7 Å². The number of ether oxygens (including phenoxy) is 1. The fraction of sp³-hybridized carbons (Fsp3) is 0.368. The number of carbonyl (C=O) groups excluding carboxylic acids is 2. The number of thioether (sulfide) groups is 1. The molecule has 1 amide bonds. The first-order valence-electron chi connectivity index (χ1n) is 9.25. The van der Waals surface area contributed by atoms with Gasteiger partial charge in [-0.15, -0.1) is 32.9 Å². The third kappa shape index (κ3) is 3.96. The van der Waals surface area contributed by atoms with E-state index in [2.05, 4.69) is 15.5 Å². The predicted molar refractivity (Wildman–Crippen MR) is 116 cm³/mol. The Morgan fingerprint density at radius 2 is 2.21 bits per heavy atom. The van der Waals surface area contributed by atoms with Gasteiger partial charge in [-0.1, -0.05) is 17.8 Å². The van der Waals surface area contributed by atoms with Gasteiger partial charge in [0.1, 0.15) is 5.00 Å². The molecule has 1 aliphatic rings. The highest BCUT2D eigenvalue weighted by molar-refractivity contribution is 7.99. The third-order valence-corrected chi connectivity index (χ3v) is 7.71. The van der Waals surface area contributed by atoms with E-state index in [-0.39, 0.29) is 11.7 Å². The van der Waals surface area contributed by atoms with E-state index in [0.29, 0.717) is 22.3 Å². The molecule has 0 atom stereocenters. The number of esters is 1. The molecule has 3 heterocycles. The van der Waals surface area contributed by atoms with Crippen LogP contribution in [0.1, 0.15) is 34.1 Å². The summed E-state index contributed by atoms with van der Waals surface area (Å²) in [5.74, 6) is 0.432. The van der Waals surface area contributed by atoms with Crippen molar-refractivity contribution >= 4 is 51.3 Å². The molecule has 0 saturated carbocycles. The topological polar surface area (TPSA) is 86.1 Å². The quantitative estimate of drug-likeness (QED) is 0.433. The fourth-order valence-electron chi connectivity index (χ4n) is 3.37. The molecule has 0 aromatic carbocycles. The van der Waals surface area contributed by atoms with Gasteiger partial charge in [0.2, 0.25) is 5.91 Å². The number of carbonyl (C=O) groups is 2. The Morgan fingerprint density at radius 3 is 2.93 bits per heavy atom. The highest BCUT2D eigenvalue weighted by atomic mass is 32.2. The second-order valence-electron chi connectivity index (χ2n) is 6.42. The van der Waals surface area contributed by atoms with Crippen LogP contribution in [0.2, 0.25) is 0 Å². The molecule has 0 unspecified atom stereocenters. The summed E-state index contributed by atoms with van der Waals surface area (Å²) >= 11 is 4.43. The minimum absolute atomic E-state index is 0.177. The van der Waals surface area contributed by atoms with Crippen LogP contribution >= 0.6 is 34.4 Å². The zero-order valence-corrected chi connectivity index (χ0v) is 18.5. The molecule has 1 N–H and O–H groups in total. The van der Waals surface area contributed by atoms with Crippen molar-refractivity contribution in [3.63, 3.8) is 0 Å². The number of nitrogens with one attached hydrogen (secondary N) is 1. The van der Waals surface area contributed by atoms with Crippen LogP contribution in [0, 0.1) is 0 Å². The van der Waals surface area contributed by atoms with E-state index in [4.69, 9.17) is 4.74 Å². The summed E-state index contributed by atoms with van der Waals surface area (Å²) in [5, 5.41) is 14.7. The van der Waals surface area contributed by atoms with Crippen molar-refractivity contribution in [3.05, 3.63) is 33.5 Å². The number of anilines is 1. The standard InChI is InChI=1S/C19H20N4O3S3/c1-3-23-16(13-8-5-9-27-13)21-22-19(23)28-10-14(24)20-17-15(18(25)26-2)11-6-4-7-12(11)29-17/h5,8-9H,3-4,6-7,10H2,1-2H3,(H,20,24). The van der Waals surface area contributed by atoms with Crippen molar-refractivity contribution in [3.8, 4) is 10.7 Å². The Kier molecular flexibility index (Phi) is 6.02. The van der Waals surface area contributed by atoms with Crippen LogP contribution in [0.5, 0.6) is 0 Å². The van der Waals surface area contributed by atoms with Crippen molar-refractivity contribution in [1.29, 1.82) is 0 Å². The van der Waals surface area contributed by atoms with Gasteiger partial charge in [-0.3, -0.25) is 4.79 Å². The van der Waals surface area contributed by atoms with Crippen LogP contribution in [-0.2, 0) is 28.9 Å². The van der Waals surface area contributed by atoms with E-state index >= 15 is 0 Å². The second kappa shape index (κ2) is 8.68. The van der Waals surface area contributed by atoms with E-state index in [9.17, 15) is 9.59 Å². The first-order valence-corrected chi connectivity index (χ1v) is 11.9. The van der Waals surface area contributed by atoms with Gasteiger partial charge in [0, 0.05) is 11.4 Å². The monoisotopic (exact) mass is 448 g/mol. The molecule has 0 aliphatic heterocycles. The van der Waals surface area contributed by atoms with Crippen molar-refractivity contribution < 1.29 is 14.3 Å². The number of methoxy groups -OCH3 is 1. The number of rotatable bonds is 7. The maximum Gasteiger partial charge on any atom is 0.341 e. The smallest absolute Gasteiger partial charge is 0.341 e. The Morgan fingerprint density at radius 1 is 1.34 bits per heavy atom. The molecule has 3 aromatic heterocycles. The minimum atomic E-state index is -0.390. The predicted octanol–water partition coefficient (Wildman–Crippen LogP) is 4.09. The van der Waals surface area contributed by atoms with Crippen molar-refractivity contribution in [2.45, 2.75) is 37.9 Å². The number of fused-ring (bicyclic) bond motifs is 1. The zero-order valence-electron chi connectivity index (χ0n) is 16.1. The van der Waals surface area contributed by atoms with Crippen LogP contribution in [0.4, 0.5) is 5.00 Å². The lowest BCUT2D eigenvalue weighted by atomic mass is 10.1. The van der Waals surface area contributed by atoms with Crippen LogP contribution in [-0.4, -0.2) is 39.5 Å². The fourth-order valence-corrected chi connectivity index (χ4v) is 6.18. The first kappa shape index (κ1) is 20.1. The molecule has 3 aromatic rings. The summed E-state index contributed by atoms with van der Waals surface area (Å²) in [6.07, 6.45) is 2.83. The number of amides is 1. The van der Waals surface area contributed by atoms with Gasteiger partial charge >= 0.3 is 5.97 Å². The summed E-state index contributed by atoms with van der Waals surface area (Å²) in [6, 6.07) is 3.98. The number of thiophene rings is 2. The highest BCUT2D eigenvalue weighted by Crippen LogP contribution is 2.39. The summed E-state index contributed by atoms with van der Waals surface area (Å²) in [7, 11) is 1.37. The minimum Gasteiger partial charge on any atom is -0.465 e. The average molecular weight is 449 g/mol. The SMILES string of the molecule is CCn1c(SCC(=O)Nc2sc3c(c2C(=O)OC)CCC3)nnc1-c1cccs1. The van der Waals surface area contributed by atoms with Crippen molar-refractivity contribution in [2.24, 2.45) is 0 Å². The third-order valence-electron chi connectivity index (χ3n) is 4.67. The van der Waals surface area contributed by atoms with Gasteiger partial charge in [0.25, 0.3) is 0 Å². The summed E-state index contributed by atoms with van der Waals surface area (Å²) in [5.41, 5.74) is 1.54. The highest BCUT2D eigenvalue weighted by Gasteiger charge is 2.28. The van der Waals surface area contributed by atoms with E-state index in [1.165, 1.54) is 35.1 Å². The number of hydrogen-bond donors (Lipinski definition) is 1. The Labute approximate surface area is 180 Å². The summed E-state index contributed by atoms with van der Waals surface area (Å²) in [4.78, 5) is 27.0. The average Bonchev–Trinajstić information content (AvgIpc) is 3.48. The zero-order chi connectivity index (χ0) is 20.4. The lowest BCUT2D eigenvalue weighted by Crippen LogP contribution is -2.16. The molecule has 152 valence electrons. The molecule has 29 heavy (non-hydrogen) atoms. The van der Waals surface area contributed by atoms with Gasteiger partial charge < -0.3 is 14.6 Å². The molecule has 7 nitrogen and oxygen atoms in total. The second-order valence-corrected chi connectivity index (χ2v) is 9.41. The van der Waals surface area contributed by atoms with E-state index in [1.54, 1.807) is 11.3 Å². The summed E-state index contributed by atoms with van der Waals surface area (Å²) in [6.45, 7) is 2.74. The van der Waals surface area contributed by atoms with Gasteiger partial charge in [-0.05, 0) is 43.2 Å². The van der Waals surface area contributed by atoms with Crippen molar-refractivity contribution in [1.82, 2.24) is 14.8 Å². The molecule has 0 spiro atoms. The van der Waals surface area contributed by atoms with Gasteiger partial charge in [-0.2, -0.15) is 0 Å². The Bertz CT molecular complexity index is 1040. The van der Waals surface area contributed by atoms with E-state index < -0.39 is 5.97 Å². The van der Waals surface area contributed by atoms with Gasteiger partial charge in [-0.25, -0.2) is 4.79 Å². The molecule has 1 aliphatic carbocycles. The van der Waals surface area contributed by atoms with E-state index in [0.717, 1.165) is 35.5 Å². The largest absolute Gasteiger partial charge is 0.465 e. The van der Waals surface area contributed by atoms with Gasteiger partial charge in [0.15, 0.2) is 11.0 Å². The maximum absolute atomic E-state index is 12.6. The lowest BCUT2D eigenvalue weighted by molar-refractivity contribution is -0.113. The summed E-state index contributed by atoms with van der Waals surface area (Å²) < 4.78 is 6.93. The molecule has 0 fully saturated rings. The molecule has 10 heteroatoms. The molecular formula is C19H20N4O3S3. The Hall–Kier alpha value is -2.17. The number of aryl methyl sites for hydroxylation is 1. The van der Waals surface area contributed by atoms with Gasteiger partial charge in [0.05, 0.1) is 23.3 Å². The Balaban J connectivity index is 1.46. The molecule has 0 radical (unpaired) electrons. The molecule has 4 rings (SSSR count).